The van der Waals surface area contributed by atoms with E-state index in [1.54, 1.807) is 18.3 Å². The van der Waals surface area contributed by atoms with E-state index in [4.69, 9.17) is 11.6 Å². The Morgan fingerprint density at radius 1 is 1.21 bits per heavy atom. The summed E-state index contributed by atoms with van der Waals surface area (Å²) in [5.41, 5.74) is 1.84. The van der Waals surface area contributed by atoms with Crippen LogP contribution in [0.25, 0.3) is 10.9 Å². The number of hydrogen-bond donors (Lipinski definition) is 0. The summed E-state index contributed by atoms with van der Waals surface area (Å²) in [6.45, 7) is 2.00. The normalized spacial score (nSPS) is 19.3. The summed E-state index contributed by atoms with van der Waals surface area (Å²) in [7, 11) is -1.53. The highest BCUT2D eigenvalue weighted by Crippen LogP contribution is 2.36. The van der Waals surface area contributed by atoms with Gasteiger partial charge in [-0.2, -0.15) is 8.42 Å². The minimum absolute atomic E-state index is 0.267. The number of likely N-dealkylation sites (tertiary alicyclic amines) is 1. The summed E-state index contributed by atoms with van der Waals surface area (Å²) in [5, 5.41) is 1.02. The van der Waals surface area contributed by atoms with Crippen molar-refractivity contribution >= 4 is 43.9 Å². The third-order valence-electron chi connectivity index (χ3n) is 4.60. The SMILES string of the molecule is CN1CCC(c2cn(S(=O)(=O)c3ccc(Cl)s3)c3ccccc23)C1. The fourth-order valence-electron chi connectivity index (χ4n) is 3.42. The van der Waals surface area contributed by atoms with Crippen molar-refractivity contribution in [2.24, 2.45) is 0 Å². The van der Waals surface area contributed by atoms with Crippen LogP contribution < -0.4 is 0 Å². The average Bonchev–Trinajstić information content (AvgIpc) is 3.25. The standard InChI is InChI=1S/C17H17ClN2O2S2/c1-19-9-8-12(10-19)14-11-20(15-5-3-2-4-13(14)15)24(21,22)17-7-6-16(18)23-17/h2-7,11-12H,8-10H2,1H3. The highest BCUT2D eigenvalue weighted by molar-refractivity contribution is 7.92. The van der Waals surface area contributed by atoms with Crippen LogP contribution in [-0.4, -0.2) is 37.4 Å². The van der Waals surface area contributed by atoms with E-state index >= 15 is 0 Å². The number of nitrogens with zero attached hydrogens (tertiary/aromatic N) is 2. The lowest BCUT2D eigenvalue weighted by Gasteiger charge is -2.09. The van der Waals surface area contributed by atoms with Crippen LogP contribution in [0.5, 0.6) is 0 Å². The topological polar surface area (TPSA) is 42.3 Å². The number of halogens is 1. The Labute approximate surface area is 150 Å². The van der Waals surface area contributed by atoms with E-state index < -0.39 is 10.0 Å². The molecule has 1 saturated heterocycles. The third-order valence-corrected chi connectivity index (χ3v) is 7.97. The molecule has 1 aliphatic rings. The number of para-hydroxylation sites is 1. The van der Waals surface area contributed by atoms with E-state index in [0.29, 0.717) is 10.3 Å². The van der Waals surface area contributed by atoms with Crippen LogP contribution in [0.15, 0.2) is 46.8 Å². The molecule has 0 saturated carbocycles. The van der Waals surface area contributed by atoms with E-state index in [-0.39, 0.29) is 4.21 Å². The van der Waals surface area contributed by atoms with Gasteiger partial charge in [-0.3, -0.25) is 0 Å². The maximum atomic E-state index is 13.1. The summed E-state index contributed by atoms with van der Waals surface area (Å²) < 4.78 is 28.3. The number of likely N-dealkylation sites (N-methyl/N-ethyl adjacent to an activating group) is 1. The Hall–Kier alpha value is -1.34. The number of rotatable bonds is 3. The molecule has 3 aromatic rings. The van der Waals surface area contributed by atoms with Crippen molar-refractivity contribution in [1.29, 1.82) is 0 Å². The van der Waals surface area contributed by atoms with Gasteiger partial charge in [-0.1, -0.05) is 29.8 Å². The molecular weight excluding hydrogens is 364 g/mol. The molecule has 1 aliphatic heterocycles. The second kappa shape index (κ2) is 5.88. The molecule has 7 heteroatoms. The van der Waals surface area contributed by atoms with Crippen molar-refractivity contribution in [2.45, 2.75) is 16.5 Å². The number of hydrogen-bond acceptors (Lipinski definition) is 4. The highest BCUT2D eigenvalue weighted by atomic mass is 35.5. The van der Waals surface area contributed by atoms with Crippen LogP contribution >= 0.6 is 22.9 Å². The van der Waals surface area contributed by atoms with Crippen molar-refractivity contribution in [3.8, 4) is 0 Å². The van der Waals surface area contributed by atoms with Crippen molar-refractivity contribution in [3.63, 3.8) is 0 Å². The predicted octanol–water partition coefficient (Wildman–Crippen LogP) is 4.01. The summed E-state index contributed by atoms with van der Waals surface area (Å²) in [6, 6.07) is 10.9. The first-order chi connectivity index (χ1) is 11.5. The van der Waals surface area contributed by atoms with Gasteiger partial charge >= 0.3 is 0 Å². The molecular formula is C17H17ClN2O2S2. The van der Waals surface area contributed by atoms with Crippen molar-refractivity contribution in [1.82, 2.24) is 8.87 Å². The highest BCUT2D eigenvalue weighted by Gasteiger charge is 2.28. The lowest BCUT2D eigenvalue weighted by molar-refractivity contribution is 0.412. The second-order valence-corrected chi connectivity index (χ2v) is 9.97. The van der Waals surface area contributed by atoms with E-state index in [1.165, 1.54) is 3.97 Å². The van der Waals surface area contributed by atoms with Gasteiger partial charge in [0, 0.05) is 18.1 Å². The molecule has 0 spiro atoms. The van der Waals surface area contributed by atoms with E-state index in [1.807, 2.05) is 24.3 Å². The van der Waals surface area contributed by atoms with E-state index in [9.17, 15) is 8.42 Å². The second-order valence-electron chi connectivity index (χ2n) is 6.21. The zero-order valence-electron chi connectivity index (χ0n) is 13.1. The molecule has 0 bridgehead atoms. The summed E-state index contributed by atoms with van der Waals surface area (Å²) in [4.78, 5) is 2.28. The molecule has 2 aromatic heterocycles. The van der Waals surface area contributed by atoms with Crippen molar-refractivity contribution in [3.05, 3.63) is 52.5 Å². The quantitative estimate of drug-likeness (QED) is 0.689. The number of fused-ring (bicyclic) bond motifs is 1. The van der Waals surface area contributed by atoms with Gasteiger partial charge in [-0.25, -0.2) is 3.97 Å². The molecule has 0 aliphatic carbocycles. The molecule has 0 N–H and O–H groups in total. The Balaban J connectivity index is 1.90. The first-order valence-electron chi connectivity index (χ1n) is 7.76. The fourth-order valence-corrected chi connectivity index (χ4v) is 6.37. The molecule has 3 heterocycles. The van der Waals surface area contributed by atoms with E-state index in [0.717, 1.165) is 47.3 Å². The molecule has 126 valence electrons. The molecule has 0 radical (unpaired) electrons. The van der Waals surface area contributed by atoms with Gasteiger partial charge in [0.15, 0.2) is 0 Å². The molecule has 1 fully saturated rings. The van der Waals surface area contributed by atoms with Crippen LogP contribution in [0, 0.1) is 0 Å². The van der Waals surface area contributed by atoms with Gasteiger partial charge in [0.2, 0.25) is 0 Å². The van der Waals surface area contributed by atoms with Gasteiger partial charge in [-0.05, 0) is 49.7 Å². The monoisotopic (exact) mass is 380 g/mol. The summed E-state index contributed by atoms with van der Waals surface area (Å²) >= 11 is 7.02. The predicted molar refractivity (Wildman–Crippen MR) is 98.7 cm³/mol. The largest absolute Gasteiger partial charge is 0.306 e. The number of thiophene rings is 1. The molecule has 1 aromatic carbocycles. The number of aromatic nitrogens is 1. The molecule has 4 nitrogen and oxygen atoms in total. The maximum Gasteiger partial charge on any atom is 0.277 e. The first kappa shape index (κ1) is 16.1. The first-order valence-corrected chi connectivity index (χ1v) is 10.4. The lowest BCUT2D eigenvalue weighted by Crippen LogP contribution is -2.13. The Morgan fingerprint density at radius 2 is 2.00 bits per heavy atom. The minimum atomic E-state index is -3.63. The van der Waals surface area contributed by atoms with Crippen molar-refractivity contribution in [2.75, 3.05) is 20.1 Å². The zero-order chi connectivity index (χ0) is 16.9. The fraction of sp³-hybridized carbons (Fsp3) is 0.294. The van der Waals surface area contributed by atoms with Gasteiger partial charge in [0.1, 0.15) is 4.21 Å². The molecule has 4 rings (SSSR count). The smallest absolute Gasteiger partial charge is 0.277 e. The van der Waals surface area contributed by atoms with Gasteiger partial charge < -0.3 is 4.90 Å². The molecule has 24 heavy (non-hydrogen) atoms. The van der Waals surface area contributed by atoms with Crippen LogP contribution in [0.1, 0.15) is 17.9 Å². The van der Waals surface area contributed by atoms with Gasteiger partial charge in [0.25, 0.3) is 10.0 Å². The zero-order valence-corrected chi connectivity index (χ0v) is 15.5. The molecule has 1 unspecified atom stereocenters. The van der Waals surface area contributed by atoms with Crippen LogP contribution in [0.4, 0.5) is 0 Å². The van der Waals surface area contributed by atoms with Crippen molar-refractivity contribution < 1.29 is 8.42 Å². The lowest BCUT2D eigenvalue weighted by atomic mass is 9.98. The van der Waals surface area contributed by atoms with Gasteiger partial charge in [0.05, 0.1) is 9.85 Å². The van der Waals surface area contributed by atoms with Gasteiger partial charge in [-0.15, -0.1) is 11.3 Å². The Kier molecular flexibility index (Phi) is 3.95. The molecule has 1 atom stereocenters. The Morgan fingerprint density at radius 3 is 2.67 bits per heavy atom. The van der Waals surface area contributed by atoms with Crippen LogP contribution in [0.2, 0.25) is 4.34 Å². The number of benzene rings is 1. The summed E-state index contributed by atoms with van der Waals surface area (Å²) in [5.74, 6) is 0.364. The minimum Gasteiger partial charge on any atom is -0.306 e. The third kappa shape index (κ3) is 2.58. The van der Waals surface area contributed by atoms with E-state index in [2.05, 4.69) is 11.9 Å². The van der Waals surface area contributed by atoms with Crippen LogP contribution in [0.3, 0.4) is 0 Å². The maximum absolute atomic E-state index is 13.1. The molecule has 0 amide bonds. The average molecular weight is 381 g/mol. The van der Waals surface area contributed by atoms with Crippen LogP contribution in [-0.2, 0) is 10.0 Å². The Bertz CT molecular complexity index is 1010. The summed E-state index contributed by atoms with van der Waals surface area (Å²) in [6.07, 6.45) is 2.85.